The van der Waals surface area contributed by atoms with Crippen molar-refractivity contribution in [2.75, 3.05) is 10.6 Å². The van der Waals surface area contributed by atoms with Gasteiger partial charge in [-0.3, -0.25) is 4.79 Å². The second-order valence-electron chi connectivity index (χ2n) is 8.80. The molecule has 3 aromatic heterocycles. The second-order valence-corrected chi connectivity index (χ2v) is 8.80. The number of para-hydroxylation sites is 1. The number of fused-ring (bicyclic) bond motifs is 1. The summed E-state index contributed by atoms with van der Waals surface area (Å²) >= 11 is 0. The third-order valence-electron chi connectivity index (χ3n) is 6.11. The van der Waals surface area contributed by atoms with Crippen molar-refractivity contribution in [2.45, 2.75) is 6.42 Å². The van der Waals surface area contributed by atoms with Gasteiger partial charge in [0, 0.05) is 29.3 Å². The third kappa shape index (κ3) is 4.99. The van der Waals surface area contributed by atoms with Crippen molar-refractivity contribution in [2.24, 2.45) is 0 Å². The number of pyridine rings is 1. The van der Waals surface area contributed by atoms with Crippen molar-refractivity contribution in [1.82, 2.24) is 19.6 Å². The first kappa shape index (κ1) is 23.1. The molecule has 0 aliphatic carbocycles. The zero-order valence-electron chi connectivity index (χ0n) is 20.5. The van der Waals surface area contributed by atoms with Gasteiger partial charge in [-0.25, -0.2) is 14.5 Å². The Hall–Kier alpha value is -5.30. The molecule has 7 nitrogen and oxygen atoms in total. The van der Waals surface area contributed by atoms with Crippen LogP contribution in [0, 0.1) is 0 Å². The van der Waals surface area contributed by atoms with Crippen molar-refractivity contribution in [3.8, 4) is 22.5 Å². The number of amides is 1. The average molecular weight is 497 g/mol. The SMILES string of the molecule is O=C(Cc1ccccc1)Nc1cccc(-c2nn3ccccc3c2-c2ccnc(Nc3ccccc3)n2)c1. The van der Waals surface area contributed by atoms with Crippen LogP contribution in [0.15, 0.2) is 122 Å². The summed E-state index contributed by atoms with van der Waals surface area (Å²) in [5, 5.41) is 11.2. The number of carbonyl (C=O) groups is 1. The highest BCUT2D eigenvalue weighted by Crippen LogP contribution is 2.35. The summed E-state index contributed by atoms with van der Waals surface area (Å²) in [4.78, 5) is 21.9. The van der Waals surface area contributed by atoms with Crippen LogP contribution in [0.3, 0.4) is 0 Å². The molecule has 0 fully saturated rings. The summed E-state index contributed by atoms with van der Waals surface area (Å²) in [6, 6.07) is 35.1. The first-order valence-corrected chi connectivity index (χ1v) is 12.3. The lowest BCUT2D eigenvalue weighted by atomic mass is 10.0. The normalized spacial score (nSPS) is 10.8. The van der Waals surface area contributed by atoms with Crippen LogP contribution in [0.4, 0.5) is 17.3 Å². The summed E-state index contributed by atoms with van der Waals surface area (Å²) in [5.74, 6) is 0.424. The Balaban J connectivity index is 1.35. The lowest BCUT2D eigenvalue weighted by Gasteiger charge is -2.09. The Morgan fingerprint density at radius 1 is 0.789 bits per heavy atom. The molecule has 7 heteroatoms. The third-order valence-corrected chi connectivity index (χ3v) is 6.11. The molecule has 3 aromatic carbocycles. The van der Waals surface area contributed by atoms with Crippen molar-refractivity contribution >= 4 is 28.7 Å². The average Bonchev–Trinajstić information content (AvgIpc) is 3.34. The Morgan fingerprint density at radius 3 is 2.39 bits per heavy atom. The van der Waals surface area contributed by atoms with Gasteiger partial charge in [-0.1, -0.05) is 66.7 Å². The zero-order valence-corrected chi connectivity index (χ0v) is 20.5. The van der Waals surface area contributed by atoms with E-state index >= 15 is 0 Å². The lowest BCUT2D eigenvalue weighted by Crippen LogP contribution is -2.14. The maximum Gasteiger partial charge on any atom is 0.228 e. The summed E-state index contributed by atoms with van der Waals surface area (Å²) in [6.07, 6.45) is 3.96. The largest absolute Gasteiger partial charge is 0.326 e. The van der Waals surface area contributed by atoms with E-state index in [9.17, 15) is 4.79 Å². The molecule has 0 saturated carbocycles. The van der Waals surface area contributed by atoms with Crippen LogP contribution >= 0.6 is 0 Å². The van der Waals surface area contributed by atoms with Gasteiger partial charge < -0.3 is 10.6 Å². The fourth-order valence-corrected chi connectivity index (χ4v) is 4.39. The van der Waals surface area contributed by atoms with Crippen molar-refractivity contribution in [3.05, 3.63) is 127 Å². The van der Waals surface area contributed by atoms with Gasteiger partial charge in [-0.05, 0) is 48.0 Å². The molecule has 6 rings (SSSR count). The predicted octanol–water partition coefficient (Wildman–Crippen LogP) is 6.38. The van der Waals surface area contributed by atoms with E-state index in [-0.39, 0.29) is 5.91 Å². The van der Waals surface area contributed by atoms with E-state index in [0.29, 0.717) is 18.1 Å². The van der Waals surface area contributed by atoms with Gasteiger partial charge in [0.25, 0.3) is 0 Å². The number of nitrogens with one attached hydrogen (secondary N) is 2. The minimum atomic E-state index is -0.0731. The first-order valence-electron chi connectivity index (χ1n) is 12.3. The monoisotopic (exact) mass is 496 g/mol. The molecule has 38 heavy (non-hydrogen) atoms. The lowest BCUT2D eigenvalue weighted by molar-refractivity contribution is -0.115. The van der Waals surface area contributed by atoms with E-state index in [1.807, 2.05) is 120 Å². The van der Waals surface area contributed by atoms with Crippen LogP contribution in [0.5, 0.6) is 0 Å². The number of benzene rings is 3. The van der Waals surface area contributed by atoms with E-state index in [2.05, 4.69) is 15.6 Å². The summed E-state index contributed by atoms with van der Waals surface area (Å²) in [6.45, 7) is 0. The summed E-state index contributed by atoms with van der Waals surface area (Å²) in [7, 11) is 0. The standard InChI is InChI=1S/C31H24N6O/c38-28(20-22-10-3-1-4-11-22)33-25-15-9-12-23(21-25)30-29(27-16-7-8-19-37(27)36-30)26-17-18-32-31(35-26)34-24-13-5-2-6-14-24/h1-19,21H,20H2,(H,33,38)(H,32,34,35). The minimum absolute atomic E-state index is 0.0731. The molecule has 0 bridgehead atoms. The van der Waals surface area contributed by atoms with Gasteiger partial charge in [0.2, 0.25) is 11.9 Å². The molecular weight excluding hydrogens is 472 g/mol. The topological polar surface area (TPSA) is 84.2 Å². The van der Waals surface area contributed by atoms with E-state index in [4.69, 9.17) is 10.1 Å². The van der Waals surface area contributed by atoms with Crippen LogP contribution in [-0.4, -0.2) is 25.5 Å². The smallest absolute Gasteiger partial charge is 0.228 e. The van der Waals surface area contributed by atoms with Crippen LogP contribution < -0.4 is 10.6 Å². The highest BCUT2D eigenvalue weighted by molar-refractivity contribution is 5.95. The molecule has 0 radical (unpaired) electrons. The molecule has 0 atom stereocenters. The fourth-order valence-electron chi connectivity index (χ4n) is 4.39. The summed E-state index contributed by atoms with van der Waals surface area (Å²) < 4.78 is 1.84. The molecule has 0 aliphatic heterocycles. The predicted molar refractivity (Wildman–Crippen MR) is 150 cm³/mol. The molecule has 0 saturated heterocycles. The van der Waals surface area contributed by atoms with Gasteiger partial charge in [0.15, 0.2) is 0 Å². The maximum absolute atomic E-state index is 12.7. The van der Waals surface area contributed by atoms with Crippen LogP contribution in [0.2, 0.25) is 0 Å². The van der Waals surface area contributed by atoms with E-state index in [1.54, 1.807) is 6.20 Å². The number of nitrogens with zero attached hydrogens (tertiary/aromatic N) is 4. The molecule has 0 aliphatic rings. The summed E-state index contributed by atoms with van der Waals surface area (Å²) in [5.41, 5.74) is 6.77. The highest BCUT2D eigenvalue weighted by atomic mass is 16.1. The molecular formula is C31H24N6O. The Kier molecular flexibility index (Phi) is 6.30. The van der Waals surface area contributed by atoms with E-state index < -0.39 is 0 Å². The highest BCUT2D eigenvalue weighted by Gasteiger charge is 2.18. The van der Waals surface area contributed by atoms with Gasteiger partial charge in [0.05, 0.1) is 23.2 Å². The van der Waals surface area contributed by atoms with Gasteiger partial charge in [0.1, 0.15) is 5.69 Å². The second kappa shape index (κ2) is 10.4. The van der Waals surface area contributed by atoms with Crippen molar-refractivity contribution in [1.29, 1.82) is 0 Å². The molecule has 3 heterocycles. The van der Waals surface area contributed by atoms with E-state index in [0.717, 1.165) is 39.3 Å². The quantitative estimate of drug-likeness (QED) is 0.268. The van der Waals surface area contributed by atoms with Crippen LogP contribution in [-0.2, 0) is 11.2 Å². The Morgan fingerprint density at radius 2 is 1.55 bits per heavy atom. The first-order chi connectivity index (χ1) is 18.7. The van der Waals surface area contributed by atoms with E-state index in [1.165, 1.54) is 0 Å². The van der Waals surface area contributed by atoms with Gasteiger partial charge >= 0.3 is 0 Å². The number of hydrogen-bond acceptors (Lipinski definition) is 5. The minimum Gasteiger partial charge on any atom is -0.326 e. The van der Waals surface area contributed by atoms with Crippen molar-refractivity contribution < 1.29 is 4.79 Å². The number of aromatic nitrogens is 4. The van der Waals surface area contributed by atoms with Gasteiger partial charge in [-0.15, -0.1) is 0 Å². The fraction of sp³-hybridized carbons (Fsp3) is 0.0323. The Labute approximate surface area is 219 Å². The Bertz CT molecular complexity index is 1710. The number of anilines is 3. The molecule has 184 valence electrons. The van der Waals surface area contributed by atoms with Crippen molar-refractivity contribution in [3.63, 3.8) is 0 Å². The molecule has 1 amide bonds. The van der Waals surface area contributed by atoms with Crippen LogP contribution in [0.1, 0.15) is 5.56 Å². The van der Waals surface area contributed by atoms with Gasteiger partial charge in [-0.2, -0.15) is 5.10 Å². The maximum atomic E-state index is 12.7. The number of carbonyl (C=O) groups excluding carboxylic acids is 1. The number of hydrogen-bond donors (Lipinski definition) is 2. The van der Waals surface area contributed by atoms with Crippen LogP contribution in [0.25, 0.3) is 28.0 Å². The molecule has 2 N–H and O–H groups in total. The molecule has 6 aromatic rings. The molecule has 0 spiro atoms. The zero-order chi connectivity index (χ0) is 25.7. The number of rotatable bonds is 7. The molecule has 0 unspecified atom stereocenters.